The number of nitrogens with one attached hydrogen (secondary N) is 1. The fourth-order valence-corrected chi connectivity index (χ4v) is 4.14. The van der Waals surface area contributed by atoms with E-state index >= 15 is 0 Å². The lowest BCUT2D eigenvalue weighted by atomic mass is 10.3. The highest BCUT2D eigenvalue weighted by atomic mass is 32.2. The van der Waals surface area contributed by atoms with Crippen molar-refractivity contribution < 1.29 is 8.95 Å². The zero-order valence-corrected chi connectivity index (χ0v) is 14.0. The smallest absolute Gasteiger partial charge is 0.185 e. The first kappa shape index (κ1) is 15.9. The highest BCUT2D eigenvalue weighted by Gasteiger charge is 2.20. The normalized spacial score (nSPS) is 17.1. The van der Waals surface area contributed by atoms with Crippen LogP contribution in [0.2, 0.25) is 0 Å². The molecule has 0 amide bonds. The van der Waals surface area contributed by atoms with Gasteiger partial charge in [-0.25, -0.2) is 4.98 Å². The van der Waals surface area contributed by atoms with Gasteiger partial charge in [-0.15, -0.1) is 11.3 Å². The van der Waals surface area contributed by atoms with E-state index in [1.165, 1.54) is 4.88 Å². The van der Waals surface area contributed by atoms with Gasteiger partial charge in [-0.2, -0.15) is 0 Å². The fraction of sp³-hybridized carbons (Fsp3) is 0.769. The van der Waals surface area contributed by atoms with Crippen molar-refractivity contribution in [1.29, 1.82) is 0 Å². The lowest BCUT2D eigenvalue weighted by molar-refractivity contribution is 0.181. The third-order valence-corrected chi connectivity index (χ3v) is 5.60. The number of thiazole rings is 1. The molecule has 2 heterocycles. The van der Waals surface area contributed by atoms with E-state index < -0.39 is 10.8 Å². The van der Waals surface area contributed by atoms with E-state index in [1.54, 1.807) is 18.4 Å². The van der Waals surface area contributed by atoms with Crippen LogP contribution in [0.5, 0.6) is 0 Å². The Kier molecular flexibility index (Phi) is 5.95. The molecule has 0 bridgehead atoms. The average molecular weight is 317 g/mol. The molecule has 1 aromatic rings. The van der Waals surface area contributed by atoms with Crippen LogP contribution in [0.4, 0.5) is 5.13 Å². The van der Waals surface area contributed by atoms with Crippen molar-refractivity contribution in [2.24, 2.45) is 0 Å². The fourth-order valence-electron chi connectivity index (χ4n) is 2.02. The molecule has 1 N–H and O–H groups in total. The Morgan fingerprint density at radius 2 is 2.15 bits per heavy atom. The summed E-state index contributed by atoms with van der Waals surface area (Å²) in [6.45, 7) is 7.32. The van der Waals surface area contributed by atoms with Gasteiger partial charge in [-0.1, -0.05) is 13.8 Å². The molecule has 1 aliphatic rings. The standard InChI is InChI=1S/C13H23N3O2S2/c1-10(2)14-8-12-11(9-18-3)15-13(19-12)16-4-6-20(17)7-5-16/h10,14H,4-9H2,1-3H3. The number of hydrogen-bond acceptors (Lipinski definition) is 6. The largest absolute Gasteiger partial charge is 0.378 e. The molecule has 1 saturated heterocycles. The molecule has 0 radical (unpaired) electrons. The van der Waals surface area contributed by atoms with E-state index in [0.29, 0.717) is 12.6 Å². The van der Waals surface area contributed by atoms with E-state index in [0.717, 1.165) is 42.0 Å². The van der Waals surface area contributed by atoms with Crippen molar-refractivity contribution in [3.63, 3.8) is 0 Å². The minimum Gasteiger partial charge on any atom is -0.378 e. The molecular formula is C13H23N3O2S2. The van der Waals surface area contributed by atoms with Crippen molar-refractivity contribution in [3.8, 4) is 0 Å². The van der Waals surface area contributed by atoms with E-state index in [-0.39, 0.29) is 0 Å². The zero-order valence-electron chi connectivity index (χ0n) is 12.3. The van der Waals surface area contributed by atoms with Crippen LogP contribution >= 0.6 is 11.3 Å². The van der Waals surface area contributed by atoms with Gasteiger partial charge in [0.15, 0.2) is 5.13 Å². The predicted molar refractivity (Wildman–Crippen MR) is 84.9 cm³/mol. The highest BCUT2D eigenvalue weighted by molar-refractivity contribution is 7.85. The van der Waals surface area contributed by atoms with Gasteiger partial charge >= 0.3 is 0 Å². The number of hydrogen-bond donors (Lipinski definition) is 1. The molecule has 1 aliphatic heterocycles. The number of methoxy groups -OCH3 is 1. The Morgan fingerprint density at radius 3 is 2.75 bits per heavy atom. The van der Waals surface area contributed by atoms with E-state index in [9.17, 15) is 4.21 Å². The SMILES string of the molecule is COCc1nc(N2CCS(=O)CC2)sc1CNC(C)C. The molecule has 0 atom stereocenters. The second-order valence-corrected chi connectivity index (χ2v) is 7.93. The molecule has 1 fully saturated rings. The first-order valence-electron chi connectivity index (χ1n) is 6.91. The van der Waals surface area contributed by atoms with Crippen LogP contribution in [0.3, 0.4) is 0 Å². The van der Waals surface area contributed by atoms with Crippen molar-refractivity contribution >= 4 is 27.3 Å². The first-order chi connectivity index (χ1) is 9.60. The summed E-state index contributed by atoms with van der Waals surface area (Å²) in [6.07, 6.45) is 0. The molecule has 5 nitrogen and oxygen atoms in total. The summed E-state index contributed by atoms with van der Waals surface area (Å²) in [7, 11) is 1.05. The van der Waals surface area contributed by atoms with Gasteiger partial charge in [-0.05, 0) is 0 Å². The summed E-state index contributed by atoms with van der Waals surface area (Å²) >= 11 is 1.72. The Bertz CT molecular complexity index is 452. The third kappa shape index (κ3) is 4.25. The maximum absolute atomic E-state index is 11.4. The first-order valence-corrected chi connectivity index (χ1v) is 9.21. The summed E-state index contributed by atoms with van der Waals surface area (Å²) in [5.74, 6) is 1.50. The molecule has 0 unspecified atom stereocenters. The van der Waals surface area contributed by atoms with Crippen LogP contribution in [-0.2, 0) is 28.7 Å². The van der Waals surface area contributed by atoms with Crippen molar-refractivity contribution in [2.75, 3.05) is 36.6 Å². The van der Waals surface area contributed by atoms with Crippen LogP contribution in [0, 0.1) is 0 Å². The van der Waals surface area contributed by atoms with Crippen molar-refractivity contribution in [3.05, 3.63) is 10.6 Å². The molecule has 0 spiro atoms. The second-order valence-electron chi connectivity index (χ2n) is 5.17. The summed E-state index contributed by atoms with van der Waals surface area (Å²) in [5.41, 5.74) is 1.02. The summed E-state index contributed by atoms with van der Waals surface area (Å²) in [6, 6.07) is 0.452. The maximum atomic E-state index is 11.4. The summed E-state index contributed by atoms with van der Waals surface area (Å²) in [4.78, 5) is 8.19. The Balaban J connectivity index is 2.09. The molecule has 20 heavy (non-hydrogen) atoms. The van der Waals surface area contributed by atoms with E-state index in [2.05, 4.69) is 24.1 Å². The Labute approximate surface area is 127 Å². The van der Waals surface area contributed by atoms with Crippen LogP contribution in [0.25, 0.3) is 0 Å². The van der Waals surface area contributed by atoms with E-state index in [1.807, 2.05) is 0 Å². The highest BCUT2D eigenvalue weighted by Crippen LogP contribution is 2.27. The molecule has 7 heteroatoms. The van der Waals surface area contributed by atoms with Crippen molar-refractivity contribution in [1.82, 2.24) is 10.3 Å². The van der Waals surface area contributed by atoms with Crippen LogP contribution < -0.4 is 10.2 Å². The number of anilines is 1. The number of ether oxygens (including phenoxy) is 1. The molecule has 1 aromatic heterocycles. The van der Waals surface area contributed by atoms with Crippen LogP contribution in [0.15, 0.2) is 0 Å². The maximum Gasteiger partial charge on any atom is 0.185 e. The Hall–Kier alpha value is -0.500. The molecule has 114 valence electrons. The molecule has 2 rings (SSSR count). The van der Waals surface area contributed by atoms with Gasteiger partial charge in [0.1, 0.15) is 0 Å². The monoisotopic (exact) mass is 317 g/mol. The topological polar surface area (TPSA) is 54.5 Å². The van der Waals surface area contributed by atoms with Gasteiger partial charge in [0.25, 0.3) is 0 Å². The third-order valence-electron chi connectivity index (χ3n) is 3.17. The van der Waals surface area contributed by atoms with E-state index in [4.69, 9.17) is 9.72 Å². The quantitative estimate of drug-likeness (QED) is 0.858. The van der Waals surface area contributed by atoms with Gasteiger partial charge < -0.3 is 15.0 Å². The molecule has 0 saturated carbocycles. The van der Waals surface area contributed by atoms with Crippen LogP contribution in [0.1, 0.15) is 24.4 Å². The number of rotatable bonds is 6. The lowest BCUT2D eigenvalue weighted by Crippen LogP contribution is -2.37. The van der Waals surface area contributed by atoms with Gasteiger partial charge in [0.05, 0.1) is 12.3 Å². The lowest BCUT2D eigenvalue weighted by Gasteiger charge is -2.25. The zero-order chi connectivity index (χ0) is 14.5. The minimum atomic E-state index is -0.648. The Morgan fingerprint density at radius 1 is 1.45 bits per heavy atom. The van der Waals surface area contributed by atoms with Crippen LogP contribution in [-0.4, -0.2) is 46.9 Å². The second kappa shape index (κ2) is 7.49. The molecular weight excluding hydrogens is 294 g/mol. The molecule has 0 aliphatic carbocycles. The predicted octanol–water partition coefficient (Wildman–Crippen LogP) is 1.36. The minimum absolute atomic E-state index is 0.452. The molecule has 0 aromatic carbocycles. The average Bonchev–Trinajstić information content (AvgIpc) is 2.81. The van der Waals surface area contributed by atoms with Crippen molar-refractivity contribution in [2.45, 2.75) is 33.0 Å². The van der Waals surface area contributed by atoms with Gasteiger partial charge in [-0.3, -0.25) is 4.21 Å². The number of nitrogens with zero attached hydrogens (tertiary/aromatic N) is 2. The summed E-state index contributed by atoms with van der Waals surface area (Å²) in [5, 5.41) is 4.47. The summed E-state index contributed by atoms with van der Waals surface area (Å²) < 4.78 is 16.7. The number of aromatic nitrogens is 1. The van der Waals surface area contributed by atoms with Gasteiger partial charge in [0, 0.05) is 60.0 Å². The van der Waals surface area contributed by atoms with Gasteiger partial charge in [0.2, 0.25) is 0 Å².